The highest BCUT2D eigenvalue weighted by atomic mass is 32.2. The maximum atomic E-state index is 13.4. The Morgan fingerprint density at radius 3 is 2.31 bits per heavy atom. The average Bonchev–Trinajstić information content (AvgIpc) is 2.54. The van der Waals surface area contributed by atoms with Crippen molar-refractivity contribution in [1.82, 2.24) is 9.21 Å². The van der Waals surface area contributed by atoms with Gasteiger partial charge in [0, 0.05) is 32.9 Å². The molecule has 0 saturated carbocycles. The summed E-state index contributed by atoms with van der Waals surface area (Å²) in [5.74, 6) is -0.536. The molecule has 146 valence electrons. The lowest BCUT2D eigenvalue weighted by atomic mass is 9.86. The number of rotatable bonds is 4. The molecule has 1 fully saturated rings. The Labute approximate surface area is 152 Å². The Balaban J connectivity index is 0.00000105. The van der Waals surface area contributed by atoms with Crippen LogP contribution in [0.3, 0.4) is 0 Å². The Morgan fingerprint density at radius 1 is 1.35 bits per heavy atom. The fourth-order valence-corrected chi connectivity index (χ4v) is 3.71. The van der Waals surface area contributed by atoms with Crippen molar-refractivity contribution in [2.24, 2.45) is 0 Å². The lowest BCUT2D eigenvalue weighted by Crippen LogP contribution is -2.58. The van der Waals surface area contributed by atoms with E-state index in [4.69, 9.17) is 9.90 Å². The maximum absolute atomic E-state index is 13.4. The normalized spacial score (nSPS) is 16.8. The van der Waals surface area contributed by atoms with Crippen LogP contribution in [0.15, 0.2) is 24.3 Å². The molecule has 1 amide bonds. The van der Waals surface area contributed by atoms with E-state index in [1.807, 2.05) is 0 Å². The Morgan fingerprint density at radius 2 is 1.88 bits per heavy atom. The number of nitrogens with one attached hydrogen (secondary N) is 1. The van der Waals surface area contributed by atoms with Crippen molar-refractivity contribution in [3.05, 3.63) is 30.1 Å². The average molecular weight is 389 g/mol. The molecular weight excluding hydrogens is 365 g/mol. The molecule has 1 aliphatic heterocycles. The van der Waals surface area contributed by atoms with Crippen LogP contribution in [-0.2, 0) is 19.6 Å². The van der Waals surface area contributed by atoms with E-state index in [1.165, 1.54) is 21.3 Å². The highest BCUT2D eigenvalue weighted by Crippen LogP contribution is 2.30. The van der Waals surface area contributed by atoms with Crippen molar-refractivity contribution >= 4 is 28.1 Å². The van der Waals surface area contributed by atoms with Gasteiger partial charge in [0.25, 0.3) is 6.47 Å². The zero-order valence-electron chi connectivity index (χ0n) is 15.0. The SMILES string of the molecule is CN(C)C(=O)C1(Nc2cccc(F)c2)CCN(S(C)(=O)=O)CC1.O=CO. The highest BCUT2D eigenvalue weighted by molar-refractivity contribution is 7.88. The molecular formula is C16H24FN3O5S. The number of likely N-dealkylation sites (N-methyl/N-ethyl adjacent to an activating group) is 1. The van der Waals surface area contributed by atoms with Crippen molar-refractivity contribution < 1.29 is 27.5 Å². The summed E-state index contributed by atoms with van der Waals surface area (Å²) in [6.45, 7) is 0.251. The van der Waals surface area contributed by atoms with Gasteiger partial charge in [-0.3, -0.25) is 9.59 Å². The number of hydrogen-bond acceptors (Lipinski definition) is 5. The first-order valence-electron chi connectivity index (χ1n) is 7.84. The molecule has 1 aromatic carbocycles. The van der Waals surface area contributed by atoms with Crippen LogP contribution in [0, 0.1) is 5.82 Å². The standard InChI is InChI=1S/C15H22FN3O3S.CH2O2/c1-18(2)14(20)15(17-13-6-4-5-12(16)11-13)7-9-19(10-8-15)23(3,21)22;2-1-3/h4-6,11,17H,7-10H2,1-3H3;1H,(H,2,3). The molecule has 1 saturated heterocycles. The van der Waals surface area contributed by atoms with E-state index >= 15 is 0 Å². The lowest BCUT2D eigenvalue weighted by molar-refractivity contribution is -0.134. The third kappa shape index (κ3) is 5.67. The van der Waals surface area contributed by atoms with Crippen molar-refractivity contribution in [1.29, 1.82) is 0 Å². The van der Waals surface area contributed by atoms with E-state index in [9.17, 15) is 17.6 Å². The van der Waals surface area contributed by atoms with Crippen LogP contribution in [0.25, 0.3) is 0 Å². The van der Waals surface area contributed by atoms with Gasteiger partial charge in [-0.25, -0.2) is 17.1 Å². The minimum Gasteiger partial charge on any atom is -0.483 e. The fourth-order valence-electron chi connectivity index (χ4n) is 2.86. The van der Waals surface area contributed by atoms with Gasteiger partial charge in [0.2, 0.25) is 15.9 Å². The summed E-state index contributed by atoms with van der Waals surface area (Å²) in [4.78, 5) is 22.5. The molecule has 2 rings (SSSR count). The first kappa shape index (κ1) is 21.8. The van der Waals surface area contributed by atoms with Gasteiger partial charge in [-0.15, -0.1) is 0 Å². The van der Waals surface area contributed by atoms with Crippen LogP contribution in [0.2, 0.25) is 0 Å². The number of benzene rings is 1. The summed E-state index contributed by atoms with van der Waals surface area (Å²) in [5.41, 5.74) is -0.425. The minimum atomic E-state index is -3.28. The number of carboxylic acid groups (broad SMARTS) is 1. The molecule has 0 unspecified atom stereocenters. The first-order valence-corrected chi connectivity index (χ1v) is 9.69. The molecule has 0 aliphatic carbocycles. The summed E-state index contributed by atoms with van der Waals surface area (Å²) >= 11 is 0. The number of nitrogens with zero attached hydrogens (tertiary/aromatic N) is 2. The van der Waals surface area contributed by atoms with Gasteiger partial charge < -0.3 is 15.3 Å². The van der Waals surface area contributed by atoms with Gasteiger partial charge in [0.15, 0.2) is 0 Å². The fraction of sp³-hybridized carbons (Fsp3) is 0.500. The van der Waals surface area contributed by atoms with Gasteiger partial charge in [-0.05, 0) is 31.0 Å². The molecule has 0 atom stereocenters. The van der Waals surface area contributed by atoms with E-state index in [-0.39, 0.29) is 25.5 Å². The van der Waals surface area contributed by atoms with Crippen LogP contribution < -0.4 is 5.32 Å². The molecule has 0 aromatic heterocycles. The summed E-state index contributed by atoms with van der Waals surface area (Å²) in [7, 11) is 0.0252. The van der Waals surface area contributed by atoms with E-state index in [1.54, 1.807) is 26.2 Å². The molecule has 26 heavy (non-hydrogen) atoms. The molecule has 8 nitrogen and oxygen atoms in total. The van der Waals surface area contributed by atoms with E-state index in [2.05, 4.69) is 5.32 Å². The number of hydrogen-bond donors (Lipinski definition) is 2. The van der Waals surface area contributed by atoms with Crippen molar-refractivity contribution in [2.45, 2.75) is 18.4 Å². The van der Waals surface area contributed by atoms with Crippen LogP contribution in [0.5, 0.6) is 0 Å². The largest absolute Gasteiger partial charge is 0.483 e. The Bertz CT molecular complexity index is 731. The molecule has 0 radical (unpaired) electrons. The summed E-state index contributed by atoms with van der Waals surface area (Å²) in [6.07, 6.45) is 1.81. The molecule has 1 heterocycles. The topological polar surface area (TPSA) is 107 Å². The number of sulfonamides is 1. The second kappa shape index (κ2) is 8.95. The van der Waals surface area contributed by atoms with Gasteiger partial charge in [-0.2, -0.15) is 0 Å². The van der Waals surface area contributed by atoms with E-state index in [0.717, 1.165) is 6.26 Å². The zero-order valence-corrected chi connectivity index (χ0v) is 15.8. The summed E-state index contributed by atoms with van der Waals surface area (Å²) < 4.78 is 38.1. The van der Waals surface area contributed by atoms with Crippen LogP contribution in [0.1, 0.15) is 12.8 Å². The number of carbonyl (C=O) groups excluding carboxylic acids is 1. The summed E-state index contributed by atoms with van der Waals surface area (Å²) in [5, 5.41) is 10.0. The van der Waals surface area contributed by atoms with E-state index in [0.29, 0.717) is 18.5 Å². The van der Waals surface area contributed by atoms with Crippen LogP contribution in [-0.4, -0.2) is 74.1 Å². The smallest absolute Gasteiger partial charge is 0.290 e. The number of halogens is 1. The lowest BCUT2D eigenvalue weighted by Gasteiger charge is -2.42. The Hall–Kier alpha value is -2.20. The monoisotopic (exact) mass is 389 g/mol. The second-order valence-corrected chi connectivity index (χ2v) is 8.17. The molecule has 10 heteroatoms. The Kier molecular flexibility index (Phi) is 7.52. The second-order valence-electron chi connectivity index (χ2n) is 6.18. The zero-order chi connectivity index (χ0) is 20.0. The molecule has 2 N–H and O–H groups in total. The minimum absolute atomic E-state index is 0.144. The molecule has 1 aliphatic rings. The van der Waals surface area contributed by atoms with Gasteiger partial charge >= 0.3 is 0 Å². The van der Waals surface area contributed by atoms with Gasteiger partial charge in [0.05, 0.1) is 6.26 Å². The quantitative estimate of drug-likeness (QED) is 0.739. The number of carbonyl (C=O) groups is 2. The highest BCUT2D eigenvalue weighted by Gasteiger charge is 2.43. The maximum Gasteiger partial charge on any atom is 0.290 e. The number of anilines is 1. The number of amides is 1. The first-order chi connectivity index (χ1) is 12.1. The molecule has 1 aromatic rings. The molecule has 0 bridgehead atoms. The number of piperidine rings is 1. The van der Waals surface area contributed by atoms with Crippen molar-refractivity contribution in [3.8, 4) is 0 Å². The van der Waals surface area contributed by atoms with E-state index < -0.39 is 21.4 Å². The van der Waals surface area contributed by atoms with Crippen LogP contribution in [0.4, 0.5) is 10.1 Å². The predicted molar refractivity (Wildman–Crippen MR) is 95.8 cm³/mol. The third-order valence-electron chi connectivity index (χ3n) is 4.07. The predicted octanol–water partition coefficient (Wildman–Crippen LogP) is 0.821. The summed E-state index contributed by atoms with van der Waals surface area (Å²) in [6, 6.07) is 5.92. The molecule has 0 spiro atoms. The van der Waals surface area contributed by atoms with Crippen molar-refractivity contribution in [2.75, 3.05) is 38.8 Å². The van der Waals surface area contributed by atoms with Crippen molar-refractivity contribution in [3.63, 3.8) is 0 Å². The van der Waals surface area contributed by atoms with Gasteiger partial charge in [0.1, 0.15) is 11.4 Å². The third-order valence-corrected chi connectivity index (χ3v) is 5.37. The van der Waals surface area contributed by atoms with Gasteiger partial charge in [-0.1, -0.05) is 6.07 Å². The van der Waals surface area contributed by atoms with Crippen LogP contribution >= 0.6 is 0 Å².